The highest BCUT2D eigenvalue weighted by molar-refractivity contribution is 7.26. The summed E-state index contributed by atoms with van der Waals surface area (Å²) in [5.41, 5.74) is 30.5. The molecule has 0 fully saturated rings. The number of rotatable bonds is 13. The van der Waals surface area contributed by atoms with Gasteiger partial charge in [-0.15, -0.1) is 22.7 Å². The van der Waals surface area contributed by atoms with E-state index in [9.17, 15) is 0 Å². The zero-order valence-electron chi connectivity index (χ0n) is 81.0. The van der Waals surface area contributed by atoms with Gasteiger partial charge < -0.3 is 19.3 Å². The second-order valence-electron chi connectivity index (χ2n) is 39.7. The minimum Gasteiger partial charge on any atom is -0.310 e. The summed E-state index contributed by atoms with van der Waals surface area (Å²) < 4.78 is 7.58. The molecular formula is C138H93Cl3N4S2. The molecule has 698 valence electrons. The van der Waals surface area contributed by atoms with Crippen molar-refractivity contribution in [2.75, 3.05) is 14.7 Å². The molecule has 0 amide bonds. The van der Waals surface area contributed by atoms with Gasteiger partial charge in [0.15, 0.2) is 0 Å². The molecule has 2 aliphatic carbocycles. The topological polar surface area (TPSA) is 14.7 Å². The third kappa shape index (κ3) is 15.3. The molecule has 0 radical (unpaired) electrons. The molecule has 0 saturated heterocycles. The quantitative estimate of drug-likeness (QED) is 0.107. The summed E-state index contributed by atoms with van der Waals surface area (Å²) in [5.74, 6) is 0. The number of halogens is 3. The molecule has 29 rings (SSSR count). The number of benzene rings is 24. The van der Waals surface area contributed by atoms with E-state index in [1.807, 2.05) is 40.9 Å². The Morgan fingerprint density at radius 1 is 0.204 bits per heavy atom. The highest BCUT2D eigenvalue weighted by Crippen LogP contribution is 2.59. The van der Waals surface area contributed by atoms with E-state index in [1.165, 1.54) is 171 Å². The normalized spacial score (nSPS) is 12.7. The fourth-order valence-corrected chi connectivity index (χ4v) is 26.7. The van der Waals surface area contributed by atoms with Crippen molar-refractivity contribution in [2.24, 2.45) is 0 Å². The average molecular weight is 1980 g/mol. The molecule has 0 aliphatic heterocycles. The fraction of sp³-hybridized carbons (Fsp3) is 0.0435. The van der Waals surface area contributed by atoms with E-state index in [1.54, 1.807) is 0 Å². The van der Waals surface area contributed by atoms with Crippen LogP contribution in [0.3, 0.4) is 0 Å². The molecule has 2 aliphatic rings. The lowest BCUT2D eigenvalue weighted by atomic mass is 9.79. The molecule has 9 heteroatoms. The lowest BCUT2D eigenvalue weighted by Crippen LogP contribution is -2.15. The number of fused-ring (bicyclic) bond motifs is 28. The molecule has 24 aromatic carbocycles. The summed E-state index contributed by atoms with van der Waals surface area (Å²) in [6.45, 7) is 9.50. The van der Waals surface area contributed by atoms with E-state index in [0.717, 1.165) is 90.3 Å². The highest BCUT2D eigenvalue weighted by atomic mass is 35.5. The Hall–Kier alpha value is -16.7. The summed E-state index contributed by atoms with van der Waals surface area (Å²) in [5, 5.41) is 25.0. The van der Waals surface area contributed by atoms with E-state index in [0.29, 0.717) is 15.1 Å². The monoisotopic (exact) mass is 1970 g/mol. The fourth-order valence-electron chi connectivity index (χ4n) is 23.9. The first-order chi connectivity index (χ1) is 72.1. The minimum absolute atomic E-state index is 0.0925. The average Bonchev–Trinajstić information content (AvgIpc) is 1.55. The van der Waals surface area contributed by atoms with Crippen molar-refractivity contribution in [3.05, 3.63) is 529 Å². The Morgan fingerprint density at radius 3 is 1.13 bits per heavy atom. The van der Waals surface area contributed by atoms with Crippen LogP contribution in [0, 0.1) is 0 Å². The van der Waals surface area contributed by atoms with Crippen LogP contribution in [0.2, 0.25) is 15.1 Å². The predicted octanol–water partition coefficient (Wildman–Crippen LogP) is 41.8. The van der Waals surface area contributed by atoms with Crippen LogP contribution < -0.4 is 14.7 Å². The first-order valence-corrected chi connectivity index (χ1v) is 52.9. The second kappa shape index (κ2) is 36.0. The van der Waals surface area contributed by atoms with E-state index in [2.05, 4.69) is 520 Å². The number of aromatic nitrogens is 1. The zero-order chi connectivity index (χ0) is 98.4. The summed E-state index contributed by atoms with van der Waals surface area (Å²) in [6.07, 6.45) is 0. The van der Waals surface area contributed by atoms with E-state index < -0.39 is 0 Å². The van der Waals surface area contributed by atoms with Crippen LogP contribution in [0.4, 0.5) is 51.2 Å². The van der Waals surface area contributed by atoms with Crippen molar-refractivity contribution in [2.45, 2.75) is 38.5 Å². The second-order valence-corrected chi connectivity index (χ2v) is 43.2. The first kappa shape index (κ1) is 89.2. The molecule has 0 saturated carbocycles. The Labute approximate surface area is 875 Å². The number of nitrogens with zero attached hydrogens (tertiary/aromatic N) is 4. The Morgan fingerprint density at radius 2 is 0.571 bits per heavy atom. The maximum Gasteiger partial charge on any atom is 0.0619 e. The first-order valence-electron chi connectivity index (χ1n) is 50.1. The van der Waals surface area contributed by atoms with Crippen molar-refractivity contribution in [1.29, 1.82) is 0 Å². The SMILES string of the molecule is CC1(C)c2ccc(-c3cc(Cl)cc(N(c4ccccc4)c4ccc5sc6ccccc6c5c4)c3)cc2-c2c1c1ccccc1c1ccccc21.CC1(C)c2ccccc2-c2c1c1ccccc1c1cc(-c3cc(Cl)cc(N(c4ccc5ccccc5c4)c4ccc5sc6ccccc6c5c4)c3)ccc21.Clc1cc(-c2ccc3c4ccc5ccccc5c4n(-c4ccccc4)c3c2)cc(N(c2ccccc2)c2ccccc2)c1. The largest absolute Gasteiger partial charge is 0.310 e. The molecule has 0 atom stereocenters. The third-order valence-electron chi connectivity index (χ3n) is 30.4. The van der Waals surface area contributed by atoms with Crippen LogP contribution in [-0.4, -0.2) is 4.57 Å². The predicted molar refractivity (Wildman–Crippen MR) is 635 cm³/mol. The van der Waals surface area contributed by atoms with Gasteiger partial charge in [-0.05, 0) is 319 Å². The number of para-hydroxylation sites is 4. The van der Waals surface area contributed by atoms with Crippen LogP contribution in [0.1, 0.15) is 49.9 Å². The minimum atomic E-state index is -0.138. The van der Waals surface area contributed by atoms with Gasteiger partial charge in [-0.2, -0.15) is 0 Å². The Bertz CT molecular complexity index is 9980. The van der Waals surface area contributed by atoms with Crippen molar-refractivity contribution in [1.82, 2.24) is 4.57 Å². The van der Waals surface area contributed by atoms with Crippen LogP contribution in [-0.2, 0) is 10.8 Å². The van der Waals surface area contributed by atoms with Crippen molar-refractivity contribution < 1.29 is 0 Å². The lowest BCUT2D eigenvalue weighted by Gasteiger charge is -2.27. The van der Waals surface area contributed by atoms with Crippen LogP contribution in [0.5, 0.6) is 0 Å². The van der Waals surface area contributed by atoms with Gasteiger partial charge in [-0.1, -0.05) is 372 Å². The molecule has 27 aromatic rings. The van der Waals surface area contributed by atoms with Gasteiger partial charge in [0.05, 0.1) is 11.0 Å². The van der Waals surface area contributed by atoms with Gasteiger partial charge in [0.1, 0.15) is 0 Å². The third-order valence-corrected chi connectivity index (χ3v) is 33.4. The maximum atomic E-state index is 7.12. The van der Waals surface area contributed by atoms with Crippen LogP contribution in [0.15, 0.2) is 491 Å². The highest BCUT2D eigenvalue weighted by Gasteiger charge is 2.41. The smallest absolute Gasteiger partial charge is 0.0619 e. The molecule has 147 heavy (non-hydrogen) atoms. The van der Waals surface area contributed by atoms with Gasteiger partial charge >= 0.3 is 0 Å². The van der Waals surface area contributed by atoms with Crippen LogP contribution in [0.25, 0.3) is 188 Å². The number of hydrogen-bond acceptors (Lipinski definition) is 5. The van der Waals surface area contributed by atoms with Crippen LogP contribution >= 0.6 is 57.5 Å². The summed E-state index contributed by atoms with van der Waals surface area (Å²) in [6, 6.07) is 177. The van der Waals surface area contributed by atoms with Gasteiger partial charge in [0, 0.05) is 139 Å². The van der Waals surface area contributed by atoms with Crippen molar-refractivity contribution >= 4 is 235 Å². The number of hydrogen-bond donors (Lipinski definition) is 0. The van der Waals surface area contributed by atoms with E-state index in [-0.39, 0.29) is 10.8 Å². The zero-order valence-corrected chi connectivity index (χ0v) is 84.9. The summed E-state index contributed by atoms with van der Waals surface area (Å²) in [7, 11) is 0. The summed E-state index contributed by atoms with van der Waals surface area (Å²) in [4.78, 5) is 6.93. The molecule has 0 spiro atoms. The Kier molecular flexibility index (Phi) is 21.8. The molecule has 0 N–H and O–H groups in total. The number of anilines is 9. The molecular weight excluding hydrogens is 1880 g/mol. The standard InChI is InChI=1S/C51H34ClNS.C47H32ClNS.C40H27ClN2/c1-51(2)46-17-9-7-16-43(46)49-41-23-20-33(28-44(41)39-13-5-6-15-42(39)50(49)51)34-25-35(52)29-38(27-34)53(36-21-19-31-11-3-4-12-32(31)26-36)37-22-24-48-45(30-37)40-14-8-10-18-47(40)54-48;1-47(2)42-22-20-29(26-41(42)45-38-17-8-6-14-35(38)36-15-7-9-18-39(36)46(45)47)30-24-31(48)27-34(25-30)49(32-12-4-3-5-13-32)33-21-23-44-40(28-33)37-16-10-11-19-43(37)50-44;41-31-24-30(25-35(27-31)42(32-13-4-1-5-14-32)33-15-6-2-7-16-33)29-21-22-37-38-23-20-28-12-10-11-19-36(28)40(38)43(39(37)26-29)34-17-8-3-9-18-34/h3-30H,1-2H3;3-28H,1-2H3;1-27H. The molecule has 3 heterocycles. The molecule has 0 unspecified atom stereocenters. The molecule has 4 nitrogen and oxygen atoms in total. The van der Waals surface area contributed by atoms with Crippen molar-refractivity contribution in [3.8, 4) is 61.3 Å². The molecule has 3 aromatic heterocycles. The lowest BCUT2D eigenvalue weighted by molar-refractivity contribution is 0.666. The van der Waals surface area contributed by atoms with Gasteiger partial charge in [0.25, 0.3) is 0 Å². The summed E-state index contributed by atoms with van der Waals surface area (Å²) >= 11 is 24.7. The van der Waals surface area contributed by atoms with E-state index >= 15 is 0 Å². The number of thiophene rings is 2. The van der Waals surface area contributed by atoms with Gasteiger partial charge in [0.2, 0.25) is 0 Å². The Balaban J connectivity index is 0.000000110. The van der Waals surface area contributed by atoms with Gasteiger partial charge in [-0.3, -0.25) is 0 Å². The molecule has 0 bridgehead atoms. The van der Waals surface area contributed by atoms with Gasteiger partial charge in [-0.25, -0.2) is 0 Å². The van der Waals surface area contributed by atoms with E-state index in [4.69, 9.17) is 34.8 Å². The maximum absolute atomic E-state index is 7.12. The van der Waals surface area contributed by atoms with Crippen molar-refractivity contribution in [3.63, 3.8) is 0 Å².